The number of aliphatic imine (C=N–C) groups is 1. The van der Waals surface area contributed by atoms with E-state index in [0.717, 1.165) is 13.1 Å². The minimum atomic E-state index is 0.379. The number of rotatable bonds is 2. The van der Waals surface area contributed by atoms with E-state index in [9.17, 15) is 0 Å². The summed E-state index contributed by atoms with van der Waals surface area (Å²) in [6.07, 6.45) is 0. The first-order chi connectivity index (χ1) is 7.25. The van der Waals surface area contributed by atoms with Crippen LogP contribution in [0.15, 0.2) is 46.4 Å². The van der Waals surface area contributed by atoms with Crippen LogP contribution in [0.25, 0.3) is 0 Å². The van der Waals surface area contributed by atoms with Crippen LogP contribution in [0.4, 0.5) is 0 Å². The topological polar surface area (TPSA) is 15.6 Å². The number of hydrogen-bond acceptors (Lipinski definition) is 1. The third-order valence-electron chi connectivity index (χ3n) is 2.22. The third kappa shape index (κ3) is 2.71. The normalized spacial score (nSPS) is 18.9. The van der Waals surface area contributed by atoms with E-state index < -0.39 is 0 Å². The molecule has 78 valence electrons. The molecule has 1 heterocycles. The second-order valence-electron chi connectivity index (χ2n) is 3.58. The Morgan fingerprint density at radius 3 is 2.73 bits per heavy atom. The van der Waals surface area contributed by atoms with Crippen molar-refractivity contribution in [1.29, 1.82) is 0 Å². The van der Waals surface area contributed by atoms with Gasteiger partial charge < -0.3 is 0 Å². The van der Waals surface area contributed by atoms with Crippen molar-refractivity contribution >= 4 is 19.7 Å². The molecule has 0 N–H and O–H groups in total. The molecule has 0 radical (unpaired) electrons. The van der Waals surface area contributed by atoms with Gasteiger partial charge in [-0.2, -0.15) is 0 Å². The Kier molecular flexibility index (Phi) is 3.24. The number of likely N-dealkylation sites (N-methyl/N-ethyl adjacent to an activating group) is 1. The zero-order valence-corrected chi connectivity index (χ0v) is 10.5. The van der Waals surface area contributed by atoms with E-state index in [-0.39, 0.29) is 0 Å². The Labute approximate surface area is 96.9 Å². The van der Waals surface area contributed by atoms with Gasteiger partial charge in [-0.25, -0.2) is 0 Å². The molecule has 15 heavy (non-hydrogen) atoms. The summed E-state index contributed by atoms with van der Waals surface area (Å²) < 4.78 is 2.54. The maximum atomic E-state index is 4.63. The fourth-order valence-corrected chi connectivity index (χ4v) is 3.28. The van der Waals surface area contributed by atoms with Crippen LogP contribution >= 0.6 is 0 Å². The molecule has 1 aliphatic rings. The van der Waals surface area contributed by atoms with Crippen molar-refractivity contribution in [2.45, 2.75) is 6.54 Å². The van der Waals surface area contributed by atoms with Gasteiger partial charge in [0.2, 0.25) is 0 Å². The van der Waals surface area contributed by atoms with Crippen molar-refractivity contribution in [3.63, 3.8) is 0 Å². The first kappa shape index (κ1) is 10.5. The standard InChI is InChI=1S/C12H14N2Se/c1-10-9-14(2)12(15-10)13-8-11-6-4-3-5-7-11/h3-7H,1,8-9H2,2H3. The SMILES string of the molecule is C=C1CN(C)C(=NCc2ccccc2)[Se]1. The van der Waals surface area contributed by atoms with Gasteiger partial charge >= 0.3 is 96.7 Å². The molecule has 1 saturated heterocycles. The van der Waals surface area contributed by atoms with Gasteiger partial charge in [-0.3, -0.25) is 0 Å². The molecule has 0 spiro atoms. The summed E-state index contributed by atoms with van der Waals surface area (Å²) in [5, 5.41) is 0. The van der Waals surface area contributed by atoms with Crippen molar-refractivity contribution < 1.29 is 0 Å². The number of amidine groups is 1. The molecule has 0 aromatic heterocycles. The van der Waals surface area contributed by atoms with Crippen LogP contribution in [0.3, 0.4) is 0 Å². The average Bonchev–Trinajstić information content (AvgIpc) is 2.56. The molecule has 2 nitrogen and oxygen atoms in total. The van der Waals surface area contributed by atoms with Crippen LogP contribution in [0.2, 0.25) is 0 Å². The minimum absolute atomic E-state index is 0.379. The van der Waals surface area contributed by atoms with E-state index in [2.05, 4.69) is 47.8 Å². The van der Waals surface area contributed by atoms with Gasteiger partial charge in [0, 0.05) is 0 Å². The van der Waals surface area contributed by atoms with E-state index in [1.54, 1.807) is 0 Å². The number of hydrogen-bond donors (Lipinski definition) is 0. The van der Waals surface area contributed by atoms with E-state index in [1.165, 1.54) is 14.8 Å². The fourth-order valence-electron chi connectivity index (χ4n) is 1.47. The van der Waals surface area contributed by atoms with Crippen molar-refractivity contribution in [2.24, 2.45) is 4.99 Å². The summed E-state index contributed by atoms with van der Waals surface area (Å²) in [5.74, 6) is 0. The fraction of sp³-hybridized carbons (Fsp3) is 0.250. The quantitative estimate of drug-likeness (QED) is 0.743. The summed E-state index contributed by atoms with van der Waals surface area (Å²) in [4.78, 5) is 6.83. The first-order valence-electron chi connectivity index (χ1n) is 4.91. The molecule has 1 fully saturated rings. The predicted octanol–water partition coefficient (Wildman–Crippen LogP) is 1.71. The number of benzene rings is 1. The second kappa shape index (κ2) is 4.65. The summed E-state index contributed by atoms with van der Waals surface area (Å²) in [6, 6.07) is 10.4. The molecule has 0 aliphatic carbocycles. The van der Waals surface area contributed by atoms with Gasteiger partial charge in [0.05, 0.1) is 0 Å². The van der Waals surface area contributed by atoms with Gasteiger partial charge in [0.25, 0.3) is 0 Å². The zero-order chi connectivity index (χ0) is 10.7. The summed E-state index contributed by atoms with van der Waals surface area (Å²) >= 11 is 0.379. The van der Waals surface area contributed by atoms with Crippen molar-refractivity contribution in [3.8, 4) is 0 Å². The van der Waals surface area contributed by atoms with Crippen LogP contribution in [0, 0.1) is 0 Å². The van der Waals surface area contributed by atoms with Crippen molar-refractivity contribution in [3.05, 3.63) is 46.9 Å². The Bertz CT molecular complexity index is 384. The van der Waals surface area contributed by atoms with Gasteiger partial charge in [-0.05, 0) is 0 Å². The van der Waals surface area contributed by atoms with Crippen LogP contribution in [-0.4, -0.2) is 38.2 Å². The first-order valence-corrected chi connectivity index (χ1v) is 6.62. The molecular formula is C12H14N2Se. The van der Waals surface area contributed by atoms with Gasteiger partial charge in [-0.15, -0.1) is 0 Å². The van der Waals surface area contributed by atoms with E-state index in [1.807, 2.05) is 6.07 Å². The molecule has 2 rings (SSSR count). The Hall–Kier alpha value is -1.05. The Balaban J connectivity index is 2.03. The van der Waals surface area contributed by atoms with Crippen LogP contribution in [0.5, 0.6) is 0 Å². The van der Waals surface area contributed by atoms with E-state index in [0.29, 0.717) is 15.0 Å². The van der Waals surface area contributed by atoms with Gasteiger partial charge in [0.15, 0.2) is 0 Å². The Morgan fingerprint density at radius 1 is 1.40 bits per heavy atom. The van der Waals surface area contributed by atoms with Crippen LogP contribution < -0.4 is 0 Å². The molecule has 0 atom stereocenters. The summed E-state index contributed by atoms with van der Waals surface area (Å²) in [5.41, 5.74) is 1.27. The third-order valence-corrected chi connectivity index (χ3v) is 4.40. The molecule has 0 amide bonds. The summed E-state index contributed by atoms with van der Waals surface area (Å²) in [7, 11) is 2.09. The molecule has 0 unspecified atom stereocenters. The van der Waals surface area contributed by atoms with E-state index >= 15 is 0 Å². The molecular weight excluding hydrogens is 251 g/mol. The van der Waals surface area contributed by atoms with Gasteiger partial charge in [-0.1, -0.05) is 0 Å². The predicted molar refractivity (Wildman–Crippen MR) is 65.1 cm³/mol. The maximum absolute atomic E-state index is 4.63. The van der Waals surface area contributed by atoms with Gasteiger partial charge in [0.1, 0.15) is 0 Å². The molecule has 0 bridgehead atoms. The molecule has 0 saturated carbocycles. The molecule has 1 aromatic rings. The van der Waals surface area contributed by atoms with Crippen molar-refractivity contribution in [1.82, 2.24) is 4.90 Å². The van der Waals surface area contributed by atoms with Crippen molar-refractivity contribution in [2.75, 3.05) is 13.6 Å². The zero-order valence-electron chi connectivity index (χ0n) is 8.81. The average molecular weight is 265 g/mol. The number of nitrogens with zero attached hydrogens (tertiary/aromatic N) is 2. The summed E-state index contributed by atoms with van der Waals surface area (Å²) in [6.45, 7) is 5.78. The monoisotopic (exact) mass is 266 g/mol. The second-order valence-corrected chi connectivity index (χ2v) is 5.99. The van der Waals surface area contributed by atoms with Crippen LogP contribution in [0.1, 0.15) is 5.56 Å². The Morgan fingerprint density at radius 2 is 2.13 bits per heavy atom. The molecule has 1 aliphatic heterocycles. The van der Waals surface area contributed by atoms with Crippen LogP contribution in [-0.2, 0) is 6.54 Å². The van der Waals surface area contributed by atoms with E-state index in [4.69, 9.17) is 0 Å². The molecule has 1 aromatic carbocycles. The molecule has 3 heteroatoms.